The minimum Gasteiger partial charge on any atom is -0.444 e. The lowest BCUT2D eigenvalue weighted by atomic mass is 10.2. The van der Waals surface area contributed by atoms with Gasteiger partial charge in [0.1, 0.15) is 6.26 Å². The van der Waals surface area contributed by atoms with Crippen molar-refractivity contribution in [2.24, 2.45) is 0 Å². The Balaban J connectivity index is 1.75. The summed E-state index contributed by atoms with van der Waals surface area (Å²) in [5.41, 5.74) is 0.591. The third-order valence-corrected chi connectivity index (χ3v) is 3.64. The van der Waals surface area contributed by atoms with Gasteiger partial charge >= 0.3 is 0 Å². The highest BCUT2D eigenvalue weighted by Crippen LogP contribution is 2.23. The van der Waals surface area contributed by atoms with Crippen LogP contribution in [-0.4, -0.2) is 42.4 Å². The Morgan fingerprint density at radius 2 is 2.48 bits per heavy atom. The molecule has 0 saturated heterocycles. The maximum atomic E-state index is 11.7. The number of amides is 1. The lowest BCUT2D eigenvalue weighted by Crippen LogP contribution is -2.29. The van der Waals surface area contributed by atoms with Gasteiger partial charge in [0.05, 0.1) is 29.7 Å². The quantitative estimate of drug-likeness (QED) is 0.771. The van der Waals surface area contributed by atoms with Crippen LogP contribution < -0.4 is 5.32 Å². The van der Waals surface area contributed by atoms with Crippen molar-refractivity contribution in [2.75, 3.05) is 20.3 Å². The molecule has 0 spiro atoms. The third kappa shape index (κ3) is 4.96. The van der Waals surface area contributed by atoms with E-state index in [1.54, 1.807) is 0 Å². The van der Waals surface area contributed by atoms with Gasteiger partial charge in [0, 0.05) is 13.7 Å². The number of rotatable bonds is 8. The van der Waals surface area contributed by atoms with Crippen LogP contribution in [0.2, 0.25) is 0 Å². The number of nitrogens with one attached hydrogen (secondary N) is 1. The minimum atomic E-state index is -0.562. The number of hydrogen-bond donors (Lipinski definition) is 2. The SMILES string of the molecule is COCC(O)CCNC(=O)Cc1coc(-c2cccs2)n1. The van der Waals surface area contributed by atoms with Crippen molar-refractivity contribution in [1.82, 2.24) is 10.3 Å². The van der Waals surface area contributed by atoms with Crippen LogP contribution in [0.25, 0.3) is 10.8 Å². The maximum absolute atomic E-state index is 11.7. The van der Waals surface area contributed by atoms with Gasteiger partial charge in [-0.3, -0.25) is 4.79 Å². The average Bonchev–Trinajstić information content (AvgIpc) is 3.09. The molecule has 1 atom stereocenters. The van der Waals surface area contributed by atoms with Crippen molar-refractivity contribution in [2.45, 2.75) is 18.9 Å². The van der Waals surface area contributed by atoms with E-state index >= 15 is 0 Å². The Hall–Kier alpha value is -1.70. The number of thiophene rings is 1. The first-order valence-corrected chi connectivity index (χ1v) is 7.49. The van der Waals surface area contributed by atoms with Crippen molar-refractivity contribution in [3.8, 4) is 10.8 Å². The molecule has 114 valence electrons. The lowest BCUT2D eigenvalue weighted by Gasteiger charge is -2.09. The number of carbonyl (C=O) groups excluding carboxylic acids is 1. The molecule has 1 unspecified atom stereocenters. The summed E-state index contributed by atoms with van der Waals surface area (Å²) < 4.78 is 10.2. The summed E-state index contributed by atoms with van der Waals surface area (Å²) in [4.78, 5) is 17.0. The number of methoxy groups -OCH3 is 1. The molecular weight excluding hydrogens is 292 g/mol. The zero-order valence-electron chi connectivity index (χ0n) is 11.7. The van der Waals surface area contributed by atoms with E-state index in [1.165, 1.54) is 24.7 Å². The van der Waals surface area contributed by atoms with Gasteiger partial charge in [-0.15, -0.1) is 11.3 Å². The molecule has 2 N–H and O–H groups in total. The average molecular weight is 310 g/mol. The highest BCUT2D eigenvalue weighted by molar-refractivity contribution is 7.13. The molecule has 0 fully saturated rings. The van der Waals surface area contributed by atoms with E-state index in [-0.39, 0.29) is 18.9 Å². The first-order chi connectivity index (χ1) is 10.2. The van der Waals surface area contributed by atoms with Crippen LogP contribution in [0.15, 0.2) is 28.2 Å². The van der Waals surface area contributed by atoms with Crippen LogP contribution in [0.4, 0.5) is 0 Å². The molecule has 0 saturated carbocycles. The summed E-state index contributed by atoms with van der Waals surface area (Å²) in [6, 6.07) is 3.83. The van der Waals surface area contributed by atoms with Gasteiger partial charge in [0.25, 0.3) is 0 Å². The summed E-state index contributed by atoms with van der Waals surface area (Å²) in [6.45, 7) is 0.669. The summed E-state index contributed by atoms with van der Waals surface area (Å²) in [7, 11) is 1.53. The largest absolute Gasteiger partial charge is 0.444 e. The van der Waals surface area contributed by atoms with E-state index in [2.05, 4.69) is 10.3 Å². The normalized spacial score (nSPS) is 12.3. The van der Waals surface area contributed by atoms with E-state index < -0.39 is 6.10 Å². The third-order valence-electron chi connectivity index (χ3n) is 2.78. The molecular formula is C14H18N2O4S. The summed E-state index contributed by atoms with van der Waals surface area (Å²) in [5.74, 6) is 0.383. The van der Waals surface area contributed by atoms with E-state index in [1.807, 2.05) is 17.5 Å². The fraction of sp³-hybridized carbons (Fsp3) is 0.429. The fourth-order valence-electron chi connectivity index (χ4n) is 1.78. The Bertz CT molecular complexity index is 553. The van der Waals surface area contributed by atoms with E-state index in [9.17, 15) is 9.90 Å². The van der Waals surface area contributed by atoms with Crippen LogP contribution in [0.3, 0.4) is 0 Å². The van der Waals surface area contributed by atoms with Crippen LogP contribution in [0, 0.1) is 0 Å². The Morgan fingerprint density at radius 3 is 3.19 bits per heavy atom. The number of aromatic nitrogens is 1. The molecule has 2 aromatic rings. The van der Waals surface area contributed by atoms with Gasteiger partial charge in [-0.25, -0.2) is 4.98 Å². The van der Waals surface area contributed by atoms with Crippen LogP contribution in [-0.2, 0) is 16.0 Å². The fourth-order valence-corrected chi connectivity index (χ4v) is 2.44. The molecule has 0 aliphatic rings. The first kappa shape index (κ1) is 15.7. The number of hydrogen-bond acceptors (Lipinski definition) is 6. The molecule has 2 heterocycles. The second-order valence-corrected chi connectivity index (χ2v) is 5.49. The smallest absolute Gasteiger partial charge is 0.236 e. The number of carbonyl (C=O) groups is 1. The summed E-state index contributed by atoms with van der Waals surface area (Å²) in [5, 5.41) is 14.1. The second-order valence-electron chi connectivity index (χ2n) is 4.55. The topological polar surface area (TPSA) is 84.6 Å². The number of aliphatic hydroxyl groups is 1. The molecule has 0 aromatic carbocycles. The van der Waals surface area contributed by atoms with E-state index in [4.69, 9.17) is 9.15 Å². The lowest BCUT2D eigenvalue weighted by molar-refractivity contribution is -0.120. The number of aliphatic hydroxyl groups excluding tert-OH is 1. The predicted octanol–water partition coefficient (Wildman–Crippen LogP) is 1.46. The van der Waals surface area contributed by atoms with Crippen molar-refractivity contribution in [3.05, 3.63) is 29.5 Å². The van der Waals surface area contributed by atoms with Crippen molar-refractivity contribution < 1.29 is 19.1 Å². The van der Waals surface area contributed by atoms with Crippen molar-refractivity contribution >= 4 is 17.2 Å². The predicted molar refractivity (Wildman–Crippen MR) is 79.0 cm³/mol. The van der Waals surface area contributed by atoms with Crippen molar-refractivity contribution in [1.29, 1.82) is 0 Å². The molecule has 6 nitrogen and oxygen atoms in total. The molecule has 7 heteroatoms. The molecule has 21 heavy (non-hydrogen) atoms. The minimum absolute atomic E-state index is 0.148. The highest BCUT2D eigenvalue weighted by Gasteiger charge is 2.11. The van der Waals surface area contributed by atoms with Crippen LogP contribution in [0.1, 0.15) is 12.1 Å². The van der Waals surface area contributed by atoms with Gasteiger partial charge in [0.15, 0.2) is 0 Å². The van der Waals surface area contributed by atoms with Crippen LogP contribution in [0.5, 0.6) is 0 Å². The Morgan fingerprint density at radius 1 is 1.62 bits per heavy atom. The number of oxazole rings is 1. The molecule has 0 aliphatic carbocycles. The molecule has 1 amide bonds. The maximum Gasteiger partial charge on any atom is 0.236 e. The monoisotopic (exact) mass is 310 g/mol. The van der Waals surface area contributed by atoms with E-state index in [0.717, 1.165) is 4.88 Å². The molecule has 2 aromatic heterocycles. The standard InChI is InChI=1S/C14H18N2O4S/c1-19-9-11(17)4-5-15-13(18)7-10-8-20-14(16-10)12-3-2-6-21-12/h2-3,6,8,11,17H,4-5,7,9H2,1H3,(H,15,18). The van der Waals surface area contributed by atoms with Gasteiger partial charge in [-0.2, -0.15) is 0 Å². The molecule has 2 rings (SSSR count). The number of nitrogens with zero attached hydrogens (tertiary/aromatic N) is 1. The second kappa shape index (κ2) is 7.92. The van der Waals surface area contributed by atoms with Crippen molar-refractivity contribution in [3.63, 3.8) is 0 Å². The zero-order chi connectivity index (χ0) is 15.1. The summed E-state index contributed by atoms with van der Waals surface area (Å²) in [6.07, 6.45) is 1.55. The summed E-state index contributed by atoms with van der Waals surface area (Å²) >= 11 is 1.53. The van der Waals surface area contributed by atoms with Gasteiger partial charge in [-0.1, -0.05) is 6.07 Å². The Kier molecular flexibility index (Phi) is 5.91. The molecule has 0 radical (unpaired) electrons. The number of ether oxygens (including phenoxy) is 1. The zero-order valence-corrected chi connectivity index (χ0v) is 12.6. The first-order valence-electron chi connectivity index (χ1n) is 6.61. The van der Waals surface area contributed by atoms with Gasteiger partial charge < -0.3 is 19.6 Å². The van der Waals surface area contributed by atoms with Crippen LogP contribution >= 0.6 is 11.3 Å². The van der Waals surface area contributed by atoms with Gasteiger partial charge in [0.2, 0.25) is 11.8 Å². The van der Waals surface area contributed by atoms with E-state index in [0.29, 0.717) is 24.6 Å². The van der Waals surface area contributed by atoms with Gasteiger partial charge in [-0.05, 0) is 17.9 Å². The Labute approximate surface area is 126 Å². The molecule has 0 aliphatic heterocycles. The highest BCUT2D eigenvalue weighted by atomic mass is 32.1. The molecule has 0 bridgehead atoms.